The van der Waals surface area contributed by atoms with Crippen LogP contribution in [0.1, 0.15) is 32.1 Å². The van der Waals surface area contributed by atoms with Crippen LogP contribution in [0.25, 0.3) is 43.9 Å². The van der Waals surface area contributed by atoms with Gasteiger partial charge in [0.1, 0.15) is 0 Å². The van der Waals surface area contributed by atoms with Crippen LogP contribution >= 0.6 is 0 Å². The molecular weight excluding hydrogens is 424 g/mol. The zero-order valence-electron chi connectivity index (χ0n) is 18.7. The quantitative estimate of drug-likeness (QED) is 0.203. The first kappa shape index (κ1) is 20.5. The lowest BCUT2D eigenvalue weighted by Crippen LogP contribution is -2.29. The van der Waals surface area contributed by atoms with Crippen molar-refractivity contribution in [3.63, 3.8) is 0 Å². The van der Waals surface area contributed by atoms with Crippen LogP contribution in [-0.2, 0) is 0 Å². The van der Waals surface area contributed by atoms with Crippen LogP contribution in [-0.4, -0.2) is 32.5 Å². The average molecular weight is 449 g/mol. The number of nitrogens with one attached hydrogen (secondary N) is 2. The van der Waals surface area contributed by atoms with Crippen molar-refractivity contribution in [2.45, 2.75) is 32.1 Å². The van der Waals surface area contributed by atoms with E-state index in [0.717, 1.165) is 57.6 Å². The molecule has 6 rings (SSSR count). The van der Waals surface area contributed by atoms with Crippen molar-refractivity contribution in [1.29, 1.82) is 0 Å². The Labute approximate surface area is 196 Å². The molecule has 0 unspecified atom stereocenters. The number of carbonyl (C=O) groups is 1. The molecule has 2 N–H and O–H groups in total. The molecule has 0 saturated carbocycles. The van der Waals surface area contributed by atoms with Gasteiger partial charge in [0.2, 0.25) is 0 Å². The first-order valence-corrected chi connectivity index (χ1v) is 11.7. The summed E-state index contributed by atoms with van der Waals surface area (Å²) in [4.78, 5) is 31.4. The van der Waals surface area contributed by atoms with Crippen LogP contribution in [0.2, 0.25) is 0 Å². The van der Waals surface area contributed by atoms with Gasteiger partial charge in [-0.2, -0.15) is 0 Å². The van der Waals surface area contributed by atoms with Gasteiger partial charge in [-0.1, -0.05) is 11.6 Å². The van der Waals surface area contributed by atoms with Gasteiger partial charge in [0.05, 0.1) is 33.1 Å². The van der Waals surface area contributed by atoms with Crippen molar-refractivity contribution in [2.75, 3.05) is 11.9 Å². The lowest BCUT2D eigenvalue weighted by atomic mass is 9.97. The first-order valence-electron chi connectivity index (χ1n) is 11.7. The smallest absolute Gasteiger partial charge is 0.319 e. The molecule has 2 amide bonds. The topological polar surface area (TPSA) is 92.7 Å². The molecule has 0 aliphatic heterocycles. The summed E-state index contributed by atoms with van der Waals surface area (Å²) in [7, 11) is 0. The van der Waals surface area contributed by atoms with E-state index in [1.54, 1.807) is 12.4 Å². The van der Waals surface area contributed by atoms with Crippen LogP contribution in [0, 0.1) is 0 Å². The molecule has 0 bridgehead atoms. The van der Waals surface area contributed by atoms with Crippen LogP contribution < -0.4 is 10.6 Å². The second-order valence-corrected chi connectivity index (χ2v) is 8.66. The number of nitrogens with zero attached hydrogens (tertiary/aromatic N) is 4. The fourth-order valence-corrected chi connectivity index (χ4v) is 4.72. The van der Waals surface area contributed by atoms with Crippen LogP contribution in [0.5, 0.6) is 0 Å². The molecule has 5 aromatic rings. The van der Waals surface area contributed by atoms with E-state index >= 15 is 0 Å². The number of pyridine rings is 2. The summed E-state index contributed by atoms with van der Waals surface area (Å²) < 4.78 is 0. The van der Waals surface area contributed by atoms with E-state index in [1.807, 2.05) is 42.5 Å². The molecule has 0 radical (unpaired) electrons. The van der Waals surface area contributed by atoms with Gasteiger partial charge < -0.3 is 10.6 Å². The number of allylic oxidation sites excluding steroid dienone is 1. The molecule has 0 atom stereocenters. The van der Waals surface area contributed by atoms with E-state index in [0.29, 0.717) is 17.7 Å². The van der Waals surface area contributed by atoms with Crippen LogP contribution in [0.4, 0.5) is 10.5 Å². The van der Waals surface area contributed by atoms with Crippen molar-refractivity contribution < 1.29 is 4.79 Å². The number of benzene rings is 2. The third-order valence-electron chi connectivity index (χ3n) is 6.39. The largest absolute Gasteiger partial charge is 0.338 e. The normalized spacial score (nSPS) is 13.9. The lowest BCUT2D eigenvalue weighted by Gasteiger charge is -2.13. The molecule has 0 saturated heterocycles. The van der Waals surface area contributed by atoms with Crippen LogP contribution in [0.3, 0.4) is 0 Å². The Balaban J connectivity index is 1.31. The predicted molar refractivity (Wildman–Crippen MR) is 136 cm³/mol. The summed E-state index contributed by atoms with van der Waals surface area (Å²) in [6.45, 7) is 0.635. The fourth-order valence-electron chi connectivity index (χ4n) is 4.72. The standard InChI is InChI=1S/C27H24N6O/c34-27(30-15-12-17-6-2-1-3-7-17)31-18-10-11-21-22(16-18)33-26-20-9-5-14-29-24(20)23-19(25(26)32-21)8-4-13-28-23/h4-6,8-11,13-14,16H,1-3,7,12,15H2,(H2,30,31,34). The molecule has 7 nitrogen and oxygen atoms in total. The van der Waals surface area contributed by atoms with Crippen LogP contribution in [0.15, 0.2) is 66.5 Å². The van der Waals surface area contributed by atoms with Crippen molar-refractivity contribution in [3.8, 4) is 0 Å². The molecule has 7 heteroatoms. The zero-order chi connectivity index (χ0) is 22.9. The minimum absolute atomic E-state index is 0.212. The number of urea groups is 1. The number of hydrogen-bond acceptors (Lipinski definition) is 5. The van der Waals surface area contributed by atoms with Gasteiger partial charge in [0, 0.05) is 35.4 Å². The predicted octanol–water partition coefficient (Wildman–Crippen LogP) is 5.89. The number of hydrogen-bond donors (Lipinski definition) is 2. The Hall–Kier alpha value is -4.13. The van der Waals surface area contributed by atoms with Crippen molar-refractivity contribution >= 4 is 55.6 Å². The third-order valence-corrected chi connectivity index (χ3v) is 6.39. The molecule has 3 aromatic heterocycles. The minimum atomic E-state index is -0.212. The maximum absolute atomic E-state index is 12.4. The molecule has 34 heavy (non-hydrogen) atoms. The van der Waals surface area contributed by atoms with E-state index in [4.69, 9.17) is 9.97 Å². The maximum atomic E-state index is 12.4. The monoisotopic (exact) mass is 448 g/mol. The van der Waals surface area contributed by atoms with Gasteiger partial charge in [-0.15, -0.1) is 0 Å². The molecule has 1 aliphatic carbocycles. The van der Waals surface area contributed by atoms with Gasteiger partial charge in [0.15, 0.2) is 0 Å². The second-order valence-electron chi connectivity index (χ2n) is 8.66. The molecule has 2 aromatic carbocycles. The van der Waals surface area contributed by atoms with E-state index in [-0.39, 0.29) is 6.03 Å². The second kappa shape index (κ2) is 8.67. The Kier molecular flexibility index (Phi) is 5.22. The molecule has 3 heterocycles. The highest BCUT2D eigenvalue weighted by Gasteiger charge is 2.14. The van der Waals surface area contributed by atoms with Gasteiger partial charge in [-0.3, -0.25) is 9.97 Å². The van der Waals surface area contributed by atoms with Gasteiger partial charge >= 0.3 is 6.03 Å². The van der Waals surface area contributed by atoms with E-state index in [1.165, 1.54) is 18.4 Å². The average Bonchev–Trinajstić information content (AvgIpc) is 2.88. The first-order chi connectivity index (χ1) is 16.8. The van der Waals surface area contributed by atoms with Crippen molar-refractivity contribution in [1.82, 2.24) is 25.3 Å². The number of anilines is 1. The zero-order valence-corrected chi connectivity index (χ0v) is 18.7. The number of rotatable bonds is 4. The summed E-state index contributed by atoms with van der Waals surface area (Å²) >= 11 is 0. The summed E-state index contributed by atoms with van der Waals surface area (Å²) in [5.41, 5.74) is 6.80. The summed E-state index contributed by atoms with van der Waals surface area (Å²) in [5, 5.41) is 7.72. The van der Waals surface area contributed by atoms with Crippen molar-refractivity contribution in [3.05, 3.63) is 66.5 Å². The molecule has 0 spiro atoms. The Morgan fingerprint density at radius 2 is 1.59 bits per heavy atom. The summed E-state index contributed by atoms with van der Waals surface area (Å²) in [6, 6.07) is 13.2. The van der Waals surface area contributed by atoms with Gasteiger partial charge in [0.25, 0.3) is 0 Å². The van der Waals surface area contributed by atoms with E-state index < -0.39 is 0 Å². The highest BCUT2D eigenvalue weighted by molar-refractivity contribution is 6.21. The number of amides is 2. The maximum Gasteiger partial charge on any atom is 0.319 e. The Morgan fingerprint density at radius 3 is 2.29 bits per heavy atom. The Morgan fingerprint density at radius 1 is 0.853 bits per heavy atom. The minimum Gasteiger partial charge on any atom is -0.338 e. The number of aromatic nitrogens is 4. The fraction of sp³-hybridized carbons (Fsp3) is 0.222. The molecular formula is C27H24N6O. The molecule has 1 aliphatic rings. The van der Waals surface area contributed by atoms with Gasteiger partial charge in [-0.25, -0.2) is 14.8 Å². The summed E-state index contributed by atoms with van der Waals surface area (Å²) in [5.74, 6) is 0. The Bertz CT molecular complexity index is 1590. The number of fused-ring (bicyclic) bond motifs is 7. The highest BCUT2D eigenvalue weighted by atomic mass is 16.2. The van der Waals surface area contributed by atoms with Crippen molar-refractivity contribution in [2.24, 2.45) is 0 Å². The lowest BCUT2D eigenvalue weighted by molar-refractivity contribution is 0.252. The number of carbonyl (C=O) groups excluding carboxylic acids is 1. The van der Waals surface area contributed by atoms with E-state index in [2.05, 4.69) is 26.7 Å². The molecule has 168 valence electrons. The summed E-state index contributed by atoms with van der Waals surface area (Å²) in [6.07, 6.45) is 11.6. The SMILES string of the molecule is O=C(NCCC1=CCCCC1)Nc1ccc2nc3c4cccnc4c4ncccc4c3nc2c1. The van der Waals surface area contributed by atoms with Gasteiger partial charge in [-0.05, 0) is 74.6 Å². The van der Waals surface area contributed by atoms with E-state index in [9.17, 15) is 4.79 Å². The molecule has 0 fully saturated rings. The highest BCUT2D eigenvalue weighted by Crippen LogP contribution is 2.32. The third kappa shape index (κ3) is 3.79.